The van der Waals surface area contributed by atoms with E-state index in [2.05, 4.69) is 0 Å². The summed E-state index contributed by atoms with van der Waals surface area (Å²) in [7, 11) is 1.93. The van der Waals surface area contributed by atoms with E-state index in [1.54, 1.807) is 0 Å². The lowest BCUT2D eigenvalue weighted by Crippen LogP contribution is -2.38. The molecule has 2 aliphatic carbocycles. The van der Waals surface area contributed by atoms with Crippen molar-refractivity contribution in [2.75, 3.05) is 7.11 Å². The van der Waals surface area contributed by atoms with Crippen LogP contribution in [0.3, 0.4) is 0 Å². The van der Waals surface area contributed by atoms with Crippen LogP contribution in [0.4, 0.5) is 0 Å². The highest BCUT2D eigenvalue weighted by atomic mass is 16.5. The molecule has 76 valence electrons. The van der Waals surface area contributed by atoms with Crippen molar-refractivity contribution in [3.8, 4) is 0 Å². The van der Waals surface area contributed by atoms with Gasteiger partial charge in [0.15, 0.2) is 0 Å². The van der Waals surface area contributed by atoms with Crippen LogP contribution in [0, 0.1) is 5.92 Å². The minimum absolute atomic E-state index is 0.306. The molecule has 13 heavy (non-hydrogen) atoms. The highest BCUT2D eigenvalue weighted by molar-refractivity contribution is 4.93. The molecule has 0 N–H and O–H groups in total. The van der Waals surface area contributed by atoms with Crippen molar-refractivity contribution in [3.05, 3.63) is 0 Å². The molecule has 0 saturated heterocycles. The predicted molar refractivity (Wildman–Crippen MR) is 54.8 cm³/mol. The molecule has 2 saturated carbocycles. The van der Waals surface area contributed by atoms with Crippen LogP contribution >= 0.6 is 0 Å². The molecule has 2 aliphatic rings. The molecular formula is C12H22O. The Morgan fingerprint density at radius 2 is 1.54 bits per heavy atom. The van der Waals surface area contributed by atoms with Gasteiger partial charge in [-0.15, -0.1) is 0 Å². The van der Waals surface area contributed by atoms with Crippen molar-refractivity contribution in [1.29, 1.82) is 0 Å². The summed E-state index contributed by atoms with van der Waals surface area (Å²) in [6.07, 6.45) is 12.6. The summed E-state index contributed by atoms with van der Waals surface area (Å²) in [6.45, 7) is 0. The SMILES string of the molecule is COC1(C2CCCCC2)CCCC1. The maximum atomic E-state index is 5.84. The molecule has 1 heteroatoms. The maximum absolute atomic E-state index is 5.84. The van der Waals surface area contributed by atoms with Gasteiger partial charge in [-0.3, -0.25) is 0 Å². The highest BCUT2D eigenvalue weighted by Gasteiger charge is 2.41. The van der Waals surface area contributed by atoms with Crippen molar-refractivity contribution in [2.45, 2.75) is 63.4 Å². The van der Waals surface area contributed by atoms with E-state index in [1.165, 1.54) is 57.8 Å². The van der Waals surface area contributed by atoms with Gasteiger partial charge in [0, 0.05) is 7.11 Å². The maximum Gasteiger partial charge on any atom is 0.0706 e. The van der Waals surface area contributed by atoms with E-state index in [9.17, 15) is 0 Å². The summed E-state index contributed by atoms with van der Waals surface area (Å²) >= 11 is 0. The Labute approximate surface area is 81.9 Å². The molecule has 2 rings (SSSR count). The van der Waals surface area contributed by atoms with Crippen LogP contribution in [0.15, 0.2) is 0 Å². The van der Waals surface area contributed by atoms with Gasteiger partial charge in [0.25, 0.3) is 0 Å². The molecule has 1 nitrogen and oxygen atoms in total. The first-order chi connectivity index (χ1) is 6.37. The number of ether oxygens (including phenoxy) is 1. The van der Waals surface area contributed by atoms with E-state index < -0.39 is 0 Å². The van der Waals surface area contributed by atoms with Gasteiger partial charge in [-0.05, 0) is 31.6 Å². The summed E-state index contributed by atoms with van der Waals surface area (Å²) in [5.41, 5.74) is 0.306. The van der Waals surface area contributed by atoms with E-state index in [0.717, 1.165) is 5.92 Å². The van der Waals surface area contributed by atoms with Gasteiger partial charge in [0.2, 0.25) is 0 Å². The smallest absolute Gasteiger partial charge is 0.0706 e. The minimum Gasteiger partial charge on any atom is -0.378 e. The molecule has 0 amide bonds. The molecule has 0 heterocycles. The van der Waals surface area contributed by atoms with Gasteiger partial charge in [-0.1, -0.05) is 32.1 Å². The zero-order valence-corrected chi connectivity index (χ0v) is 8.85. The van der Waals surface area contributed by atoms with Crippen LogP contribution in [-0.2, 0) is 4.74 Å². The average Bonchev–Trinajstić information content (AvgIpc) is 2.69. The molecule has 0 unspecified atom stereocenters. The van der Waals surface area contributed by atoms with E-state index >= 15 is 0 Å². The van der Waals surface area contributed by atoms with E-state index in [-0.39, 0.29) is 0 Å². The quantitative estimate of drug-likeness (QED) is 0.635. The largest absolute Gasteiger partial charge is 0.378 e. The van der Waals surface area contributed by atoms with Gasteiger partial charge in [0.05, 0.1) is 5.60 Å². The standard InChI is InChI=1S/C12H22O/c1-13-12(9-5-6-10-12)11-7-3-2-4-8-11/h11H,2-10H2,1H3. The average molecular weight is 182 g/mol. The van der Waals surface area contributed by atoms with Crippen molar-refractivity contribution in [3.63, 3.8) is 0 Å². The van der Waals surface area contributed by atoms with Gasteiger partial charge < -0.3 is 4.74 Å². The Morgan fingerprint density at radius 1 is 0.923 bits per heavy atom. The highest BCUT2D eigenvalue weighted by Crippen LogP contribution is 2.44. The lowest BCUT2D eigenvalue weighted by atomic mass is 9.76. The van der Waals surface area contributed by atoms with E-state index in [4.69, 9.17) is 4.74 Å². The van der Waals surface area contributed by atoms with Crippen molar-refractivity contribution >= 4 is 0 Å². The Balaban J connectivity index is 2.01. The fraction of sp³-hybridized carbons (Fsp3) is 1.00. The Hall–Kier alpha value is -0.0400. The molecule has 0 aliphatic heterocycles. The van der Waals surface area contributed by atoms with Crippen molar-refractivity contribution < 1.29 is 4.74 Å². The van der Waals surface area contributed by atoms with Crippen LogP contribution in [0.2, 0.25) is 0 Å². The zero-order chi connectivity index (χ0) is 9.15. The summed E-state index contributed by atoms with van der Waals surface area (Å²) in [5, 5.41) is 0. The van der Waals surface area contributed by atoms with Gasteiger partial charge in [-0.2, -0.15) is 0 Å². The fourth-order valence-corrected chi connectivity index (χ4v) is 3.38. The molecule has 0 spiro atoms. The van der Waals surface area contributed by atoms with Crippen molar-refractivity contribution in [1.82, 2.24) is 0 Å². The lowest BCUT2D eigenvalue weighted by Gasteiger charge is -2.38. The minimum atomic E-state index is 0.306. The Morgan fingerprint density at radius 3 is 2.08 bits per heavy atom. The molecule has 0 aromatic heterocycles. The third kappa shape index (κ3) is 1.76. The lowest BCUT2D eigenvalue weighted by molar-refractivity contribution is -0.0642. The topological polar surface area (TPSA) is 9.23 Å². The first kappa shape index (κ1) is 9.51. The second kappa shape index (κ2) is 4.00. The van der Waals surface area contributed by atoms with Crippen LogP contribution in [0.25, 0.3) is 0 Å². The summed E-state index contributed by atoms with van der Waals surface area (Å²) < 4.78 is 5.84. The number of hydrogen-bond donors (Lipinski definition) is 0. The van der Waals surface area contributed by atoms with Crippen LogP contribution in [0.5, 0.6) is 0 Å². The Kier molecular flexibility index (Phi) is 2.92. The number of rotatable bonds is 2. The summed E-state index contributed by atoms with van der Waals surface area (Å²) in [4.78, 5) is 0. The molecule has 0 aromatic carbocycles. The third-order valence-electron chi connectivity index (χ3n) is 4.21. The van der Waals surface area contributed by atoms with Gasteiger partial charge in [-0.25, -0.2) is 0 Å². The molecular weight excluding hydrogens is 160 g/mol. The summed E-state index contributed by atoms with van der Waals surface area (Å²) in [5.74, 6) is 0.883. The van der Waals surface area contributed by atoms with Gasteiger partial charge in [0.1, 0.15) is 0 Å². The van der Waals surface area contributed by atoms with Gasteiger partial charge >= 0.3 is 0 Å². The molecule has 2 fully saturated rings. The van der Waals surface area contributed by atoms with Crippen LogP contribution in [-0.4, -0.2) is 12.7 Å². The number of methoxy groups -OCH3 is 1. The molecule has 0 aromatic rings. The van der Waals surface area contributed by atoms with E-state index in [0.29, 0.717) is 5.60 Å². The summed E-state index contributed by atoms with van der Waals surface area (Å²) in [6, 6.07) is 0. The molecule has 0 bridgehead atoms. The zero-order valence-electron chi connectivity index (χ0n) is 8.85. The Bertz CT molecular complexity index is 153. The fourth-order valence-electron chi connectivity index (χ4n) is 3.38. The first-order valence-electron chi connectivity index (χ1n) is 5.92. The van der Waals surface area contributed by atoms with E-state index in [1.807, 2.05) is 7.11 Å². The number of hydrogen-bond acceptors (Lipinski definition) is 1. The first-order valence-corrected chi connectivity index (χ1v) is 5.92. The third-order valence-corrected chi connectivity index (χ3v) is 4.21. The second-order valence-electron chi connectivity index (χ2n) is 4.81. The normalized spacial score (nSPS) is 29.3. The van der Waals surface area contributed by atoms with Crippen LogP contribution in [0.1, 0.15) is 57.8 Å². The molecule has 0 radical (unpaired) electrons. The van der Waals surface area contributed by atoms with Crippen molar-refractivity contribution in [2.24, 2.45) is 5.92 Å². The predicted octanol–water partition coefficient (Wildman–Crippen LogP) is 3.53. The monoisotopic (exact) mass is 182 g/mol. The van der Waals surface area contributed by atoms with Crippen LogP contribution < -0.4 is 0 Å². The molecule has 0 atom stereocenters. The second-order valence-corrected chi connectivity index (χ2v) is 4.81.